The Hall–Kier alpha value is -2.00. The van der Waals surface area contributed by atoms with Crippen molar-refractivity contribution in [1.82, 2.24) is 0 Å². The maximum absolute atomic E-state index is 6.32. The van der Waals surface area contributed by atoms with Crippen LogP contribution in [-0.4, -0.2) is 14.2 Å². The van der Waals surface area contributed by atoms with E-state index >= 15 is 0 Å². The first-order valence-corrected chi connectivity index (χ1v) is 7.26. The number of nitrogens with two attached hydrogens (primary N) is 1. The van der Waals surface area contributed by atoms with Gasteiger partial charge in [0.2, 0.25) is 0 Å². The number of hydrogen-bond donors (Lipinski definition) is 1. The summed E-state index contributed by atoms with van der Waals surface area (Å²) < 4.78 is 10.7. The molecule has 0 saturated heterocycles. The van der Waals surface area contributed by atoms with Crippen LogP contribution in [0, 0.1) is 0 Å². The fourth-order valence-electron chi connectivity index (χ4n) is 2.46. The maximum Gasteiger partial charge on any atom is 0.123 e. The molecule has 0 aliphatic heterocycles. The second-order valence-corrected chi connectivity index (χ2v) is 5.09. The molecule has 0 aliphatic carbocycles. The third kappa shape index (κ3) is 4.23. The average molecular weight is 285 g/mol. The van der Waals surface area contributed by atoms with Crippen LogP contribution in [-0.2, 0) is 6.42 Å². The molecule has 2 N–H and O–H groups in total. The fraction of sp³-hybridized carbons (Fsp3) is 0.333. The van der Waals surface area contributed by atoms with Gasteiger partial charge >= 0.3 is 0 Å². The lowest BCUT2D eigenvalue weighted by Crippen LogP contribution is -2.12. The highest BCUT2D eigenvalue weighted by Gasteiger charge is 2.13. The first kappa shape index (κ1) is 15.4. The van der Waals surface area contributed by atoms with Crippen LogP contribution in [0.3, 0.4) is 0 Å². The van der Waals surface area contributed by atoms with E-state index in [1.165, 1.54) is 5.56 Å². The molecule has 0 amide bonds. The summed E-state index contributed by atoms with van der Waals surface area (Å²) >= 11 is 0. The van der Waals surface area contributed by atoms with E-state index in [1.54, 1.807) is 14.2 Å². The Bertz CT molecular complexity index is 554. The molecule has 0 spiro atoms. The van der Waals surface area contributed by atoms with E-state index in [0.29, 0.717) is 0 Å². The zero-order valence-electron chi connectivity index (χ0n) is 12.7. The van der Waals surface area contributed by atoms with E-state index in [0.717, 1.165) is 36.3 Å². The Balaban J connectivity index is 1.97. The molecule has 3 heteroatoms. The van der Waals surface area contributed by atoms with Gasteiger partial charge in [-0.25, -0.2) is 0 Å². The van der Waals surface area contributed by atoms with E-state index in [2.05, 4.69) is 24.3 Å². The first-order chi connectivity index (χ1) is 10.2. The van der Waals surface area contributed by atoms with E-state index in [1.807, 2.05) is 24.3 Å². The lowest BCUT2D eigenvalue weighted by Gasteiger charge is -2.16. The van der Waals surface area contributed by atoms with Crippen molar-refractivity contribution in [2.75, 3.05) is 14.2 Å². The quantitative estimate of drug-likeness (QED) is 0.843. The summed E-state index contributed by atoms with van der Waals surface area (Å²) in [4.78, 5) is 0. The topological polar surface area (TPSA) is 44.5 Å². The monoisotopic (exact) mass is 285 g/mol. The SMILES string of the molecule is COc1ccc(OC)c(C(N)CCCc2ccccc2)c1. The summed E-state index contributed by atoms with van der Waals surface area (Å²) in [6, 6.07) is 16.2. The Labute approximate surface area is 126 Å². The molecule has 3 nitrogen and oxygen atoms in total. The van der Waals surface area contributed by atoms with E-state index in [-0.39, 0.29) is 6.04 Å². The number of ether oxygens (including phenoxy) is 2. The van der Waals surface area contributed by atoms with Crippen molar-refractivity contribution in [3.8, 4) is 11.5 Å². The Kier molecular flexibility index (Phi) is 5.64. The van der Waals surface area contributed by atoms with Crippen LogP contribution < -0.4 is 15.2 Å². The van der Waals surface area contributed by atoms with Crippen molar-refractivity contribution in [2.24, 2.45) is 5.73 Å². The maximum atomic E-state index is 6.32. The predicted molar refractivity (Wildman–Crippen MR) is 85.9 cm³/mol. The van der Waals surface area contributed by atoms with Gasteiger partial charge in [0, 0.05) is 11.6 Å². The predicted octanol–water partition coefficient (Wildman–Crippen LogP) is 3.73. The number of rotatable bonds is 7. The summed E-state index contributed by atoms with van der Waals surface area (Å²) in [7, 11) is 3.33. The van der Waals surface area contributed by atoms with Gasteiger partial charge in [0.05, 0.1) is 14.2 Å². The molecule has 0 radical (unpaired) electrons. The minimum Gasteiger partial charge on any atom is -0.497 e. The molecule has 21 heavy (non-hydrogen) atoms. The van der Waals surface area contributed by atoms with Crippen LogP contribution >= 0.6 is 0 Å². The van der Waals surface area contributed by atoms with Crippen molar-refractivity contribution >= 4 is 0 Å². The lowest BCUT2D eigenvalue weighted by molar-refractivity contribution is 0.393. The van der Waals surface area contributed by atoms with E-state index < -0.39 is 0 Å². The third-order valence-electron chi connectivity index (χ3n) is 3.66. The Morgan fingerprint density at radius 2 is 1.76 bits per heavy atom. The first-order valence-electron chi connectivity index (χ1n) is 7.26. The summed E-state index contributed by atoms with van der Waals surface area (Å²) in [5.74, 6) is 1.63. The number of benzene rings is 2. The molecule has 0 bridgehead atoms. The summed E-state index contributed by atoms with van der Waals surface area (Å²) in [6.45, 7) is 0. The zero-order valence-corrected chi connectivity index (χ0v) is 12.7. The molecule has 2 rings (SSSR count). The molecule has 0 aromatic heterocycles. The molecule has 0 fully saturated rings. The van der Waals surface area contributed by atoms with Crippen LogP contribution in [0.4, 0.5) is 0 Å². The molecule has 2 aromatic carbocycles. The van der Waals surface area contributed by atoms with Gasteiger partial charge in [0.15, 0.2) is 0 Å². The molecule has 112 valence electrons. The van der Waals surface area contributed by atoms with Gasteiger partial charge in [0.25, 0.3) is 0 Å². The highest BCUT2D eigenvalue weighted by Crippen LogP contribution is 2.30. The average Bonchev–Trinajstić information content (AvgIpc) is 2.55. The number of methoxy groups -OCH3 is 2. The number of aryl methyl sites for hydroxylation is 1. The van der Waals surface area contributed by atoms with Crippen LogP contribution in [0.25, 0.3) is 0 Å². The van der Waals surface area contributed by atoms with Gasteiger partial charge in [-0.3, -0.25) is 0 Å². The van der Waals surface area contributed by atoms with Crippen molar-refractivity contribution in [1.29, 1.82) is 0 Å². The fourth-order valence-corrected chi connectivity index (χ4v) is 2.46. The summed E-state index contributed by atoms with van der Waals surface area (Å²) in [5.41, 5.74) is 8.68. The largest absolute Gasteiger partial charge is 0.497 e. The van der Waals surface area contributed by atoms with Crippen LogP contribution in [0.5, 0.6) is 11.5 Å². The van der Waals surface area contributed by atoms with Gasteiger partial charge in [-0.1, -0.05) is 30.3 Å². The van der Waals surface area contributed by atoms with E-state index in [9.17, 15) is 0 Å². The second kappa shape index (κ2) is 7.70. The van der Waals surface area contributed by atoms with Gasteiger partial charge in [-0.05, 0) is 43.0 Å². The van der Waals surface area contributed by atoms with Crippen molar-refractivity contribution < 1.29 is 9.47 Å². The Morgan fingerprint density at radius 3 is 2.43 bits per heavy atom. The standard InChI is InChI=1S/C18H23NO2/c1-20-15-11-12-18(21-2)16(13-15)17(19)10-6-9-14-7-4-3-5-8-14/h3-5,7-8,11-13,17H,6,9-10,19H2,1-2H3. The van der Waals surface area contributed by atoms with Crippen LogP contribution in [0.1, 0.15) is 30.0 Å². The molecule has 1 atom stereocenters. The molecule has 2 aromatic rings. The highest BCUT2D eigenvalue weighted by atomic mass is 16.5. The van der Waals surface area contributed by atoms with Gasteiger partial charge < -0.3 is 15.2 Å². The van der Waals surface area contributed by atoms with Crippen LogP contribution in [0.15, 0.2) is 48.5 Å². The van der Waals surface area contributed by atoms with Crippen LogP contribution in [0.2, 0.25) is 0 Å². The number of hydrogen-bond acceptors (Lipinski definition) is 3. The van der Waals surface area contributed by atoms with Crippen molar-refractivity contribution in [3.63, 3.8) is 0 Å². The molecular weight excluding hydrogens is 262 g/mol. The van der Waals surface area contributed by atoms with Gasteiger partial charge in [-0.15, -0.1) is 0 Å². The third-order valence-corrected chi connectivity index (χ3v) is 3.66. The van der Waals surface area contributed by atoms with Crippen molar-refractivity contribution in [2.45, 2.75) is 25.3 Å². The molecule has 1 unspecified atom stereocenters. The molecule has 0 heterocycles. The minimum atomic E-state index is -0.0428. The molecule has 0 aliphatic rings. The summed E-state index contributed by atoms with van der Waals surface area (Å²) in [5, 5.41) is 0. The highest BCUT2D eigenvalue weighted by molar-refractivity contribution is 5.42. The normalized spacial score (nSPS) is 12.0. The van der Waals surface area contributed by atoms with E-state index in [4.69, 9.17) is 15.2 Å². The van der Waals surface area contributed by atoms with Crippen molar-refractivity contribution in [3.05, 3.63) is 59.7 Å². The Morgan fingerprint density at radius 1 is 1.00 bits per heavy atom. The molecular formula is C18H23NO2. The lowest BCUT2D eigenvalue weighted by atomic mass is 9.99. The smallest absolute Gasteiger partial charge is 0.123 e. The van der Waals surface area contributed by atoms with Gasteiger partial charge in [0.1, 0.15) is 11.5 Å². The molecule has 0 saturated carbocycles. The summed E-state index contributed by atoms with van der Waals surface area (Å²) in [6.07, 6.45) is 3.00. The zero-order chi connectivity index (χ0) is 15.1. The van der Waals surface area contributed by atoms with Gasteiger partial charge in [-0.2, -0.15) is 0 Å². The second-order valence-electron chi connectivity index (χ2n) is 5.09. The minimum absolute atomic E-state index is 0.0428.